The smallest absolute Gasteiger partial charge is 0.378 e. The summed E-state index contributed by atoms with van der Waals surface area (Å²) in [6, 6.07) is -5.03. The molecule has 3 aliphatic heterocycles. The molecule has 12 nitrogen and oxygen atoms in total. The number of nitrogens with zero attached hydrogens (tertiary/aromatic N) is 2. The van der Waals surface area contributed by atoms with Crippen LogP contribution in [0.25, 0.3) is 0 Å². The maximum Gasteiger partial charge on any atom is 0.418 e. The van der Waals surface area contributed by atoms with Gasteiger partial charge in [-0.25, -0.2) is 19.1 Å². The average molecular weight is 416 g/mol. The van der Waals surface area contributed by atoms with Crippen LogP contribution >= 0.6 is 0 Å². The summed E-state index contributed by atoms with van der Waals surface area (Å²) in [5, 5.41) is 2.92. The number of carbonyl (C=O) groups is 2. The van der Waals surface area contributed by atoms with E-state index < -0.39 is 53.3 Å². The van der Waals surface area contributed by atoms with Crippen LogP contribution in [0, 0.1) is 0 Å². The zero-order valence-electron chi connectivity index (χ0n) is 13.8. The van der Waals surface area contributed by atoms with Gasteiger partial charge in [-0.1, -0.05) is 0 Å². The van der Waals surface area contributed by atoms with Crippen molar-refractivity contribution in [1.29, 1.82) is 0 Å². The van der Waals surface area contributed by atoms with Crippen LogP contribution in [0.4, 0.5) is 13.6 Å². The lowest BCUT2D eigenvalue weighted by Crippen LogP contribution is -2.56. The predicted octanol–water partition coefficient (Wildman–Crippen LogP) is -1.73. The molecule has 1 unspecified atom stereocenters. The van der Waals surface area contributed by atoms with Gasteiger partial charge in [0, 0.05) is 13.0 Å². The van der Waals surface area contributed by atoms with Crippen molar-refractivity contribution in [3.8, 4) is 0 Å². The van der Waals surface area contributed by atoms with E-state index in [2.05, 4.69) is 9.60 Å². The molecular formula is C12H18F2N4O8S. The van der Waals surface area contributed by atoms with E-state index >= 15 is 0 Å². The van der Waals surface area contributed by atoms with Gasteiger partial charge in [-0.15, -0.1) is 4.28 Å². The normalized spacial score (nSPS) is 30.5. The maximum absolute atomic E-state index is 14.3. The number of ether oxygens (including phenoxy) is 1. The second-order valence-corrected chi connectivity index (χ2v) is 7.27. The number of hydroxylamine groups is 3. The minimum atomic E-state index is -5.19. The molecule has 3 saturated heterocycles. The first-order valence-electron chi connectivity index (χ1n) is 7.96. The molecule has 154 valence electrons. The minimum Gasteiger partial charge on any atom is -0.378 e. The van der Waals surface area contributed by atoms with Gasteiger partial charge in [0.15, 0.2) is 0 Å². The van der Waals surface area contributed by atoms with E-state index in [4.69, 9.17) is 14.1 Å². The molecule has 0 aromatic rings. The Balaban J connectivity index is 1.62. The molecule has 0 radical (unpaired) electrons. The molecule has 3 atom stereocenters. The Bertz CT molecular complexity index is 702. The molecular weight excluding hydrogens is 398 g/mol. The highest BCUT2D eigenvalue weighted by Gasteiger charge is 2.62. The molecule has 27 heavy (non-hydrogen) atoms. The van der Waals surface area contributed by atoms with E-state index in [-0.39, 0.29) is 17.7 Å². The summed E-state index contributed by atoms with van der Waals surface area (Å²) in [4.78, 5) is 30.1. The first kappa shape index (κ1) is 20.1. The van der Waals surface area contributed by atoms with Crippen molar-refractivity contribution >= 4 is 22.3 Å². The SMILES string of the molecule is O=C(NOCC1COCCN1)[C@@H]1CC(F)(F)[C@@H]2CN1C(=O)N2OS(=O)(=O)O. The van der Waals surface area contributed by atoms with Crippen LogP contribution in [0.1, 0.15) is 6.42 Å². The quantitative estimate of drug-likeness (QED) is 0.339. The van der Waals surface area contributed by atoms with E-state index in [0.717, 1.165) is 4.90 Å². The van der Waals surface area contributed by atoms with Crippen LogP contribution in [0.3, 0.4) is 0 Å². The molecule has 0 aliphatic carbocycles. The zero-order chi connectivity index (χ0) is 19.8. The Labute approximate surface area is 152 Å². The number of nitrogens with one attached hydrogen (secondary N) is 2. The van der Waals surface area contributed by atoms with Crippen LogP contribution in [0.15, 0.2) is 0 Å². The Hall–Kier alpha value is -1.65. The van der Waals surface area contributed by atoms with Gasteiger partial charge in [-0.2, -0.15) is 13.5 Å². The molecule has 15 heteroatoms. The molecule has 3 heterocycles. The monoisotopic (exact) mass is 416 g/mol. The van der Waals surface area contributed by atoms with E-state index in [1.807, 2.05) is 5.48 Å². The van der Waals surface area contributed by atoms with E-state index in [0.29, 0.717) is 19.8 Å². The highest BCUT2D eigenvalue weighted by atomic mass is 32.3. The fourth-order valence-corrected chi connectivity index (χ4v) is 3.47. The highest BCUT2D eigenvalue weighted by molar-refractivity contribution is 7.80. The van der Waals surface area contributed by atoms with Crippen molar-refractivity contribution in [3.63, 3.8) is 0 Å². The summed E-state index contributed by atoms with van der Waals surface area (Å²) >= 11 is 0. The number of alkyl halides is 2. The van der Waals surface area contributed by atoms with E-state index in [1.165, 1.54) is 0 Å². The van der Waals surface area contributed by atoms with Crippen LogP contribution in [-0.2, 0) is 29.1 Å². The molecule has 3 N–H and O–H groups in total. The Morgan fingerprint density at radius 3 is 2.85 bits per heavy atom. The summed E-state index contributed by atoms with van der Waals surface area (Å²) in [6.45, 7) is 0.858. The Kier molecular flexibility index (Phi) is 5.51. The lowest BCUT2D eigenvalue weighted by molar-refractivity contribution is -0.159. The number of carbonyl (C=O) groups excluding carboxylic acids is 2. The van der Waals surface area contributed by atoms with Gasteiger partial charge in [-0.05, 0) is 0 Å². The molecule has 0 spiro atoms. The second-order valence-electron chi connectivity index (χ2n) is 6.26. The maximum atomic E-state index is 14.3. The Morgan fingerprint density at radius 2 is 2.22 bits per heavy atom. The molecule has 3 fully saturated rings. The summed E-state index contributed by atoms with van der Waals surface area (Å²) in [6.07, 6.45) is -1.06. The summed E-state index contributed by atoms with van der Waals surface area (Å²) in [5.41, 5.74) is 2.02. The fraction of sp³-hybridized carbons (Fsp3) is 0.833. The highest BCUT2D eigenvalue weighted by Crippen LogP contribution is 2.40. The standard InChI is InChI=1S/C12H18F2N4O8S/c13-12(14)3-8(10(19)16-25-6-7-5-24-2-1-15-7)17-4-9(12)18(11(17)20)26-27(21,22)23/h7-9,15H,1-6H2,(H,16,19)(H,21,22,23)/t7?,8-,9-/m0/s1. The molecule has 2 bridgehead atoms. The van der Waals surface area contributed by atoms with Crippen molar-refractivity contribution < 1.29 is 45.2 Å². The molecule has 3 rings (SSSR count). The molecule has 3 amide bonds. The third-order valence-corrected chi connectivity index (χ3v) is 4.70. The topological polar surface area (TPSA) is 147 Å². The number of rotatable bonds is 6. The molecule has 3 aliphatic rings. The van der Waals surface area contributed by atoms with Gasteiger partial charge < -0.3 is 15.0 Å². The number of piperidine rings is 1. The number of halogens is 2. The van der Waals surface area contributed by atoms with Crippen molar-refractivity contribution in [2.45, 2.75) is 30.5 Å². The second kappa shape index (κ2) is 7.40. The molecule has 0 aromatic heterocycles. The molecule has 0 saturated carbocycles. The fourth-order valence-electron chi connectivity index (χ4n) is 3.10. The minimum absolute atomic E-state index is 0.0173. The summed E-state index contributed by atoms with van der Waals surface area (Å²) < 4.78 is 68.0. The van der Waals surface area contributed by atoms with Gasteiger partial charge in [0.25, 0.3) is 11.8 Å². The van der Waals surface area contributed by atoms with E-state index in [9.17, 15) is 26.8 Å². The van der Waals surface area contributed by atoms with Crippen LogP contribution in [-0.4, -0.2) is 91.8 Å². The number of urea groups is 1. The van der Waals surface area contributed by atoms with Crippen molar-refractivity contribution in [1.82, 2.24) is 20.8 Å². The summed E-state index contributed by atoms with van der Waals surface area (Å²) in [5.74, 6) is -4.62. The lowest BCUT2D eigenvalue weighted by atomic mass is 9.96. The lowest BCUT2D eigenvalue weighted by Gasteiger charge is -2.34. The van der Waals surface area contributed by atoms with Crippen LogP contribution in [0.5, 0.6) is 0 Å². The third-order valence-electron chi connectivity index (χ3n) is 4.35. The largest absolute Gasteiger partial charge is 0.418 e. The van der Waals surface area contributed by atoms with Gasteiger partial charge in [0.05, 0.1) is 32.4 Å². The predicted molar refractivity (Wildman–Crippen MR) is 80.4 cm³/mol. The van der Waals surface area contributed by atoms with Crippen molar-refractivity contribution in [3.05, 3.63) is 0 Å². The van der Waals surface area contributed by atoms with Crippen LogP contribution < -0.4 is 10.8 Å². The summed E-state index contributed by atoms with van der Waals surface area (Å²) in [7, 11) is -5.19. The average Bonchev–Trinajstić information content (AvgIpc) is 2.86. The number of hydrogen-bond acceptors (Lipinski definition) is 8. The number of hydrogen-bond donors (Lipinski definition) is 3. The number of fused-ring (bicyclic) bond motifs is 2. The van der Waals surface area contributed by atoms with Gasteiger partial charge in [0.1, 0.15) is 12.1 Å². The van der Waals surface area contributed by atoms with Crippen LogP contribution in [0.2, 0.25) is 0 Å². The third kappa shape index (κ3) is 4.44. The van der Waals surface area contributed by atoms with Gasteiger partial charge in [0.2, 0.25) is 0 Å². The van der Waals surface area contributed by atoms with Gasteiger partial charge >= 0.3 is 16.4 Å². The van der Waals surface area contributed by atoms with Crippen molar-refractivity contribution in [2.75, 3.05) is 32.9 Å². The Morgan fingerprint density at radius 1 is 1.48 bits per heavy atom. The van der Waals surface area contributed by atoms with E-state index in [1.54, 1.807) is 0 Å². The van der Waals surface area contributed by atoms with Gasteiger partial charge in [-0.3, -0.25) is 14.2 Å². The number of amides is 3. The first-order valence-corrected chi connectivity index (χ1v) is 9.32. The number of morpholine rings is 1. The molecule has 0 aromatic carbocycles. The zero-order valence-corrected chi connectivity index (χ0v) is 14.7. The van der Waals surface area contributed by atoms with Crippen molar-refractivity contribution in [2.24, 2.45) is 0 Å². The first-order chi connectivity index (χ1) is 12.6.